The monoisotopic (exact) mass is 245 g/mol. The van der Waals surface area contributed by atoms with Gasteiger partial charge in [-0.3, -0.25) is 0 Å². The van der Waals surface area contributed by atoms with Gasteiger partial charge in [-0.1, -0.05) is 11.3 Å². The molecule has 96 valence electrons. The summed E-state index contributed by atoms with van der Waals surface area (Å²) in [5.74, 6) is 0.806. The van der Waals surface area contributed by atoms with Crippen LogP contribution in [0.1, 0.15) is 26.5 Å². The number of nitrogens with zero attached hydrogens (tertiary/aromatic N) is 4. The van der Waals surface area contributed by atoms with Gasteiger partial charge in [-0.05, 0) is 32.9 Å². The van der Waals surface area contributed by atoms with Crippen molar-refractivity contribution < 1.29 is 0 Å². The van der Waals surface area contributed by atoms with E-state index < -0.39 is 0 Å². The highest BCUT2D eigenvalue weighted by molar-refractivity contribution is 5.23. The molecule has 1 N–H and O–H groups in total. The SMILES string of the molecule is CC(C)(C)NCCc1cccc(-n2ccnn2)n1. The van der Waals surface area contributed by atoms with Crippen LogP contribution in [0.2, 0.25) is 0 Å². The topological polar surface area (TPSA) is 55.6 Å². The van der Waals surface area contributed by atoms with Gasteiger partial charge in [0.05, 0.1) is 12.4 Å². The second-order valence-electron chi connectivity index (χ2n) is 5.26. The fourth-order valence-electron chi connectivity index (χ4n) is 1.63. The van der Waals surface area contributed by atoms with Crippen molar-refractivity contribution in [2.45, 2.75) is 32.7 Å². The maximum absolute atomic E-state index is 4.56. The molecule has 0 fully saturated rings. The van der Waals surface area contributed by atoms with Gasteiger partial charge in [-0.2, -0.15) is 0 Å². The third kappa shape index (κ3) is 3.63. The lowest BCUT2D eigenvalue weighted by Crippen LogP contribution is -2.37. The molecule has 2 aromatic heterocycles. The van der Waals surface area contributed by atoms with Gasteiger partial charge in [0.15, 0.2) is 5.82 Å². The van der Waals surface area contributed by atoms with Crippen LogP contribution in [0.3, 0.4) is 0 Å². The molecule has 0 aliphatic heterocycles. The molecule has 0 aromatic carbocycles. The lowest BCUT2D eigenvalue weighted by Gasteiger charge is -2.20. The molecule has 18 heavy (non-hydrogen) atoms. The van der Waals surface area contributed by atoms with Crippen LogP contribution in [0.5, 0.6) is 0 Å². The highest BCUT2D eigenvalue weighted by Crippen LogP contribution is 2.05. The Morgan fingerprint density at radius 1 is 1.28 bits per heavy atom. The van der Waals surface area contributed by atoms with E-state index in [0.717, 1.165) is 24.5 Å². The predicted octanol–water partition coefficient (Wildman–Crippen LogP) is 1.59. The quantitative estimate of drug-likeness (QED) is 0.888. The van der Waals surface area contributed by atoms with E-state index in [9.17, 15) is 0 Å². The molecule has 2 rings (SSSR count). The van der Waals surface area contributed by atoms with Crippen LogP contribution in [0.15, 0.2) is 30.6 Å². The van der Waals surface area contributed by atoms with Crippen LogP contribution in [-0.2, 0) is 6.42 Å². The van der Waals surface area contributed by atoms with Crippen molar-refractivity contribution in [3.8, 4) is 5.82 Å². The van der Waals surface area contributed by atoms with Gasteiger partial charge in [0.25, 0.3) is 0 Å². The molecule has 0 spiro atoms. The highest BCUT2D eigenvalue weighted by Gasteiger charge is 2.08. The molecule has 0 radical (unpaired) electrons. The Balaban J connectivity index is 2.00. The van der Waals surface area contributed by atoms with Crippen molar-refractivity contribution in [1.82, 2.24) is 25.3 Å². The zero-order valence-corrected chi connectivity index (χ0v) is 11.1. The molecular formula is C13H19N5. The van der Waals surface area contributed by atoms with Crippen LogP contribution >= 0.6 is 0 Å². The molecule has 5 nitrogen and oxygen atoms in total. The third-order valence-electron chi connectivity index (χ3n) is 2.49. The van der Waals surface area contributed by atoms with Crippen molar-refractivity contribution >= 4 is 0 Å². The Morgan fingerprint density at radius 3 is 2.78 bits per heavy atom. The normalized spacial score (nSPS) is 11.7. The average Bonchev–Trinajstić information content (AvgIpc) is 2.81. The summed E-state index contributed by atoms with van der Waals surface area (Å²) in [6.45, 7) is 7.39. The Hall–Kier alpha value is -1.75. The van der Waals surface area contributed by atoms with Crippen molar-refractivity contribution in [2.75, 3.05) is 6.54 Å². The van der Waals surface area contributed by atoms with E-state index in [2.05, 4.69) is 41.4 Å². The standard InChI is InChI=1S/C13H19N5/c1-13(2,3)14-8-7-11-5-4-6-12(16-11)18-10-9-15-17-18/h4-6,9-10,14H,7-8H2,1-3H3. The van der Waals surface area contributed by atoms with Gasteiger partial charge < -0.3 is 5.32 Å². The molecule has 0 atom stereocenters. The summed E-state index contributed by atoms with van der Waals surface area (Å²) in [6, 6.07) is 5.95. The van der Waals surface area contributed by atoms with Crippen LogP contribution in [0.25, 0.3) is 5.82 Å². The van der Waals surface area contributed by atoms with Gasteiger partial charge in [-0.25, -0.2) is 9.67 Å². The first-order valence-corrected chi connectivity index (χ1v) is 6.12. The van der Waals surface area contributed by atoms with Crippen LogP contribution in [-0.4, -0.2) is 32.1 Å². The molecular weight excluding hydrogens is 226 g/mol. The first kappa shape index (κ1) is 12.7. The lowest BCUT2D eigenvalue weighted by molar-refractivity contribution is 0.428. The van der Waals surface area contributed by atoms with Crippen molar-refractivity contribution in [3.05, 3.63) is 36.3 Å². The Morgan fingerprint density at radius 2 is 2.11 bits per heavy atom. The van der Waals surface area contributed by atoms with Gasteiger partial charge in [0.1, 0.15) is 0 Å². The van der Waals surface area contributed by atoms with E-state index in [0.29, 0.717) is 0 Å². The third-order valence-corrected chi connectivity index (χ3v) is 2.49. The number of pyridine rings is 1. The van der Waals surface area contributed by atoms with E-state index in [1.165, 1.54) is 0 Å². The predicted molar refractivity (Wildman–Crippen MR) is 70.6 cm³/mol. The zero-order chi connectivity index (χ0) is 13.0. The van der Waals surface area contributed by atoms with Gasteiger partial charge in [0, 0.05) is 24.2 Å². The summed E-state index contributed by atoms with van der Waals surface area (Å²) >= 11 is 0. The van der Waals surface area contributed by atoms with Crippen LogP contribution < -0.4 is 5.32 Å². The van der Waals surface area contributed by atoms with E-state index in [4.69, 9.17) is 0 Å². The Bertz CT molecular complexity index is 484. The average molecular weight is 245 g/mol. The molecule has 0 amide bonds. The minimum absolute atomic E-state index is 0.142. The highest BCUT2D eigenvalue weighted by atomic mass is 15.4. The maximum Gasteiger partial charge on any atom is 0.155 e. The molecule has 2 heterocycles. The number of hydrogen-bond acceptors (Lipinski definition) is 4. The van der Waals surface area contributed by atoms with E-state index in [-0.39, 0.29) is 5.54 Å². The van der Waals surface area contributed by atoms with Crippen LogP contribution in [0.4, 0.5) is 0 Å². The molecule has 5 heteroatoms. The smallest absolute Gasteiger partial charge is 0.155 e. The van der Waals surface area contributed by atoms with Crippen molar-refractivity contribution in [3.63, 3.8) is 0 Å². The van der Waals surface area contributed by atoms with E-state index >= 15 is 0 Å². The number of aromatic nitrogens is 4. The van der Waals surface area contributed by atoms with E-state index in [1.807, 2.05) is 18.2 Å². The first-order chi connectivity index (χ1) is 8.54. The summed E-state index contributed by atoms with van der Waals surface area (Å²) in [4.78, 5) is 4.56. The number of rotatable bonds is 4. The molecule has 0 bridgehead atoms. The van der Waals surface area contributed by atoms with Crippen molar-refractivity contribution in [1.29, 1.82) is 0 Å². The Labute approximate surface area is 107 Å². The number of nitrogens with one attached hydrogen (secondary N) is 1. The zero-order valence-electron chi connectivity index (χ0n) is 11.1. The summed E-state index contributed by atoms with van der Waals surface area (Å²) in [7, 11) is 0. The molecule has 0 aliphatic carbocycles. The summed E-state index contributed by atoms with van der Waals surface area (Å²) in [5.41, 5.74) is 1.20. The van der Waals surface area contributed by atoms with Gasteiger partial charge in [0.2, 0.25) is 0 Å². The van der Waals surface area contributed by atoms with Gasteiger partial charge in [-0.15, -0.1) is 5.10 Å². The molecule has 2 aromatic rings. The largest absolute Gasteiger partial charge is 0.312 e. The molecule has 0 unspecified atom stereocenters. The minimum Gasteiger partial charge on any atom is -0.312 e. The minimum atomic E-state index is 0.142. The van der Waals surface area contributed by atoms with E-state index in [1.54, 1.807) is 17.1 Å². The fourth-order valence-corrected chi connectivity index (χ4v) is 1.63. The number of hydrogen-bond donors (Lipinski definition) is 1. The van der Waals surface area contributed by atoms with Crippen molar-refractivity contribution in [2.24, 2.45) is 0 Å². The summed E-state index contributed by atoms with van der Waals surface area (Å²) < 4.78 is 1.67. The second-order valence-corrected chi connectivity index (χ2v) is 5.26. The molecule has 0 saturated heterocycles. The van der Waals surface area contributed by atoms with Gasteiger partial charge >= 0.3 is 0 Å². The molecule has 0 aliphatic rings. The van der Waals surface area contributed by atoms with Crippen LogP contribution in [0, 0.1) is 0 Å². The lowest BCUT2D eigenvalue weighted by atomic mass is 10.1. The Kier molecular flexibility index (Phi) is 3.72. The second kappa shape index (κ2) is 5.27. The summed E-state index contributed by atoms with van der Waals surface area (Å²) in [6.07, 6.45) is 4.34. The fraction of sp³-hybridized carbons (Fsp3) is 0.462. The first-order valence-electron chi connectivity index (χ1n) is 6.12. The maximum atomic E-state index is 4.56. The molecule has 0 saturated carbocycles. The summed E-state index contributed by atoms with van der Waals surface area (Å²) in [5, 5.41) is 11.2.